The van der Waals surface area contributed by atoms with E-state index in [1.54, 1.807) is 23.1 Å². The summed E-state index contributed by atoms with van der Waals surface area (Å²) < 4.78 is 13.3. The van der Waals surface area contributed by atoms with Crippen molar-refractivity contribution >= 4 is 5.91 Å². The Labute approximate surface area is 94.0 Å². The topological polar surface area (TPSA) is 46.3 Å². The van der Waals surface area contributed by atoms with Crippen LogP contribution >= 0.6 is 0 Å². The minimum absolute atomic E-state index is 0.0187. The molecule has 86 valence electrons. The van der Waals surface area contributed by atoms with E-state index < -0.39 is 0 Å². The number of hydrogen-bond donors (Lipinski definition) is 1. The fraction of sp³-hybridized carbons (Fsp3) is 0.417. The number of halogens is 1. The molecule has 1 fully saturated rings. The Balaban J connectivity index is 1.91. The van der Waals surface area contributed by atoms with Crippen LogP contribution in [-0.4, -0.2) is 30.4 Å². The summed E-state index contributed by atoms with van der Waals surface area (Å²) in [5.41, 5.74) is 5.94. The van der Waals surface area contributed by atoms with Crippen LogP contribution in [0.2, 0.25) is 0 Å². The number of nitrogens with zero attached hydrogens (tertiary/aromatic N) is 1. The molecule has 0 aliphatic carbocycles. The molecule has 0 unspecified atom stereocenters. The zero-order valence-electron chi connectivity index (χ0n) is 9.03. The van der Waals surface area contributed by atoms with Crippen LogP contribution in [0.5, 0.6) is 0 Å². The van der Waals surface area contributed by atoms with E-state index in [1.807, 2.05) is 0 Å². The Morgan fingerprint density at radius 3 is 2.75 bits per heavy atom. The lowest BCUT2D eigenvalue weighted by atomic mass is 9.99. The molecule has 1 aliphatic rings. The van der Waals surface area contributed by atoms with Gasteiger partial charge in [0.15, 0.2) is 0 Å². The summed E-state index contributed by atoms with van der Waals surface area (Å²) in [5, 5.41) is 0. The molecule has 0 radical (unpaired) electrons. The molecule has 1 heterocycles. The van der Waals surface area contributed by atoms with Crippen LogP contribution in [0.25, 0.3) is 0 Å². The van der Waals surface area contributed by atoms with Crippen molar-refractivity contribution in [1.29, 1.82) is 0 Å². The van der Waals surface area contributed by atoms with Gasteiger partial charge in [0.2, 0.25) is 5.91 Å². The number of nitrogens with two attached hydrogens (primary N) is 1. The highest BCUT2D eigenvalue weighted by atomic mass is 19.1. The van der Waals surface area contributed by atoms with E-state index in [4.69, 9.17) is 5.73 Å². The van der Waals surface area contributed by atoms with Crippen molar-refractivity contribution in [2.24, 2.45) is 11.7 Å². The zero-order chi connectivity index (χ0) is 11.5. The second kappa shape index (κ2) is 4.61. The van der Waals surface area contributed by atoms with E-state index in [2.05, 4.69) is 0 Å². The summed E-state index contributed by atoms with van der Waals surface area (Å²) in [5.74, 6) is 0.0890. The lowest BCUT2D eigenvalue weighted by molar-refractivity contribution is -0.136. The summed E-state index contributed by atoms with van der Waals surface area (Å²) in [6.07, 6.45) is 0.143. The third-order valence-electron chi connectivity index (χ3n) is 2.94. The van der Waals surface area contributed by atoms with Crippen LogP contribution < -0.4 is 5.73 Å². The van der Waals surface area contributed by atoms with Gasteiger partial charge >= 0.3 is 0 Å². The van der Waals surface area contributed by atoms with E-state index in [0.717, 1.165) is 0 Å². The van der Waals surface area contributed by atoms with Crippen LogP contribution in [0.15, 0.2) is 24.3 Å². The molecule has 1 aromatic carbocycles. The second-order valence-electron chi connectivity index (χ2n) is 4.17. The largest absolute Gasteiger partial charge is 0.342 e. The summed E-state index contributed by atoms with van der Waals surface area (Å²) in [6.45, 7) is 2.04. The van der Waals surface area contributed by atoms with Gasteiger partial charge in [-0.1, -0.05) is 18.2 Å². The molecular formula is C12H15FN2O. The van der Waals surface area contributed by atoms with Gasteiger partial charge in [-0.05, 0) is 18.2 Å². The van der Waals surface area contributed by atoms with Crippen LogP contribution in [0.1, 0.15) is 5.56 Å². The summed E-state index contributed by atoms with van der Waals surface area (Å²) in [4.78, 5) is 13.5. The van der Waals surface area contributed by atoms with Gasteiger partial charge in [0, 0.05) is 19.0 Å². The van der Waals surface area contributed by atoms with Gasteiger partial charge in [0.25, 0.3) is 0 Å². The van der Waals surface area contributed by atoms with E-state index in [9.17, 15) is 9.18 Å². The Morgan fingerprint density at radius 1 is 1.44 bits per heavy atom. The number of rotatable bonds is 3. The fourth-order valence-electron chi connectivity index (χ4n) is 1.84. The highest BCUT2D eigenvalue weighted by Gasteiger charge is 2.29. The van der Waals surface area contributed by atoms with Gasteiger partial charge in [0.05, 0.1) is 6.42 Å². The number of amides is 1. The van der Waals surface area contributed by atoms with Gasteiger partial charge < -0.3 is 10.6 Å². The summed E-state index contributed by atoms with van der Waals surface area (Å²) in [7, 11) is 0. The average molecular weight is 222 g/mol. The molecule has 4 heteroatoms. The van der Waals surface area contributed by atoms with Crippen LogP contribution in [0.3, 0.4) is 0 Å². The van der Waals surface area contributed by atoms with Crippen molar-refractivity contribution in [3.05, 3.63) is 35.6 Å². The Morgan fingerprint density at radius 2 is 2.12 bits per heavy atom. The van der Waals surface area contributed by atoms with Crippen molar-refractivity contribution in [3.8, 4) is 0 Å². The van der Waals surface area contributed by atoms with Gasteiger partial charge in [-0.15, -0.1) is 0 Å². The fourth-order valence-corrected chi connectivity index (χ4v) is 1.84. The molecular weight excluding hydrogens is 207 g/mol. The second-order valence-corrected chi connectivity index (χ2v) is 4.17. The summed E-state index contributed by atoms with van der Waals surface area (Å²) >= 11 is 0. The molecule has 1 amide bonds. The number of carbonyl (C=O) groups is 1. The van der Waals surface area contributed by atoms with Crippen LogP contribution in [0, 0.1) is 11.7 Å². The average Bonchev–Trinajstić information content (AvgIpc) is 2.20. The number of hydrogen-bond acceptors (Lipinski definition) is 2. The molecule has 0 saturated carbocycles. The van der Waals surface area contributed by atoms with E-state index in [-0.39, 0.29) is 18.1 Å². The number of likely N-dealkylation sites (tertiary alicyclic amines) is 1. The summed E-state index contributed by atoms with van der Waals surface area (Å²) in [6, 6.07) is 6.39. The predicted octanol–water partition coefficient (Wildman–Crippen LogP) is 0.785. The molecule has 1 saturated heterocycles. The molecule has 1 aliphatic heterocycles. The first-order valence-corrected chi connectivity index (χ1v) is 5.42. The maximum atomic E-state index is 13.3. The zero-order valence-corrected chi connectivity index (χ0v) is 9.03. The molecule has 0 atom stereocenters. The van der Waals surface area contributed by atoms with Gasteiger partial charge in [-0.2, -0.15) is 0 Å². The van der Waals surface area contributed by atoms with Crippen LogP contribution in [0.4, 0.5) is 4.39 Å². The van der Waals surface area contributed by atoms with E-state index in [1.165, 1.54) is 6.07 Å². The van der Waals surface area contributed by atoms with E-state index >= 15 is 0 Å². The standard InChI is InChI=1S/C12H15FN2O/c13-11-4-2-1-3-10(11)5-12(16)15-7-9(6-14)8-15/h1-4,9H,5-8,14H2. The predicted molar refractivity (Wildman–Crippen MR) is 59.2 cm³/mol. The molecule has 0 spiro atoms. The highest BCUT2D eigenvalue weighted by Crippen LogP contribution is 2.16. The van der Waals surface area contributed by atoms with Gasteiger partial charge in [-0.3, -0.25) is 4.79 Å². The highest BCUT2D eigenvalue weighted by molar-refractivity contribution is 5.79. The third kappa shape index (κ3) is 2.22. The molecule has 16 heavy (non-hydrogen) atoms. The van der Waals surface area contributed by atoms with Crippen molar-refractivity contribution in [1.82, 2.24) is 4.90 Å². The molecule has 1 aromatic rings. The van der Waals surface area contributed by atoms with Crippen molar-refractivity contribution in [3.63, 3.8) is 0 Å². The van der Waals surface area contributed by atoms with E-state index in [0.29, 0.717) is 31.1 Å². The monoisotopic (exact) mass is 222 g/mol. The smallest absolute Gasteiger partial charge is 0.227 e. The van der Waals surface area contributed by atoms with Crippen LogP contribution in [-0.2, 0) is 11.2 Å². The first-order chi connectivity index (χ1) is 7.70. The minimum atomic E-state index is -0.313. The molecule has 3 nitrogen and oxygen atoms in total. The molecule has 2 rings (SSSR count). The van der Waals surface area contributed by atoms with Crippen molar-refractivity contribution in [2.75, 3.05) is 19.6 Å². The quantitative estimate of drug-likeness (QED) is 0.821. The lowest BCUT2D eigenvalue weighted by Gasteiger charge is -2.38. The SMILES string of the molecule is NCC1CN(C(=O)Cc2ccccc2F)C1. The Kier molecular flexibility index (Phi) is 3.19. The van der Waals surface area contributed by atoms with Gasteiger partial charge in [-0.25, -0.2) is 4.39 Å². The van der Waals surface area contributed by atoms with Gasteiger partial charge in [0.1, 0.15) is 5.82 Å². The van der Waals surface area contributed by atoms with Crippen molar-refractivity contribution < 1.29 is 9.18 Å². The Hall–Kier alpha value is -1.42. The van der Waals surface area contributed by atoms with Crippen molar-refractivity contribution in [2.45, 2.75) is 6.42 Å². The minimum Gasteiger partial charge on any atom is -0.342 e. The number of carbonyl (C=O) groups excluding carboxylic acids is 1. The normalized spacial score (nSPS) is 16.0. The first kappa shape index (κ1) is 11.1. The molecule has 0 aromatic heterocycles. The third-order valence-corrected chi connectivity index (χ3v) is 2.94. The Bertz CT molecular complexity index is 388. The molecule has 0 bridgehead atoms. The molecule has 2 N–H and O–H groups in total. The number of benzene rings is 1. The maximum Gasteiger partial charge on any atom is 0.227 e. The lowest BCUT2D eigenvalue weighted by Crippen LogP contribution is -2.53. The first-order valence-electron chi connectivity index (χ1n) is 5.42. The maximum absolute atomic E-state index is 13.3.